The normalized spacial score (nSPS) is 10.3. The molecule has 7 heteroatoms. The van der Waals surface area contributed by atoms with Gasteiger partial charge in [0.2, 0.25) is 0 Å². The van der Waals surface area contributed by atoms with E-state index in [-0.39, 0.29) is 17.4 Å². The maximum Gasteiger partial charge on any atom is 0.257 e. The van der Waals surface area contributed by atoms with Gasteiger partial charge in [-0.1, -0.05) is 0 Å². The Morgan fingerprint density at radius 1 is 1.12 bits per heavy atom. The predicted molar refractivity (Wildman–Crippen MR) is 96.7 cm³/mol. The minimum absolute atomic E-state index is 0.0184. The number of phenolic OH excluding ortho intramolecular Hbond substituents is 1. The van der Waals surface area contributed by atoms with Gasteiger partial charge in [-0.25, -0.2) is 4.98 Å². The fraction of sp³-hybridized carbons (Fsp3) is 0.111. The number of anilines is 1. The Bertz CT molecular complexity index is 890. The number of hydrogen-bond acceptors (Lipinski definition) is 6. The summed E-state index contributed by atoms with van der Waals surface area (Å²) >= 11 is 1.34. The minimum atomic E-state index is -0.325. The molecule has 128 valence electrons. The summed E-state index contributed by atoms with van der Waals surface area (Å²) < 4.78 is 10.1. The van der Waals surface area contributed by atoms with Crippen molar-refractivity contribution in [3.8, 4) is 28.5 Å². The van der Waals surface area contributed by atoms with E-state index in [0.717, 1.165) is 17.0 Å². The van der Waals surface area contributed by atoms with Gasteiger partial charge in [0.25, 0.3) is 5.91 Å². The van der Waals surface area contributed by atoms with Crippen LogP contribution in [0.25, 0.3) is 11.3 Å². The molecule has 0 aliphatic heterocycles. The Hall–Kier alpha value is -3.06. The number of phenols is 1. The van der Waals surface area contributed by atoms with Gasteiger partial charge in [-0.15, -0.1) is 11.3 Å². The van der Waals surface area contributed by atoms with Crippen LogP contribution >= 0.6 is 11.3 Å². The van der Waals surface area contributed by atoms with Crippen molar-refractivity contribution in [2.45, 2.75) is 0 Å². The molecule has 0 aliphatic carbocycles. The molecule has 1 aromatic heterocycles. The first kappa shape index (κ1) is 16.8. The lowest BCUT2D eigenvalue weighted by atomic mass is 10.2. The maximum atomic E-state index is 12.3. The third kappa shape index (κ3) is 3.72. The third-order valence-corrected chi connectivity index (χ3v) is 4.31. The summed E-state index contributed by atoms with van der Waals surface area (Å²) in [7, 11) is 3.04. The van der Waals surface area contributed by atoms with Crippen molar-refractivity contribution in [3.63, 3.8) is 0 Å². The molecule has 0 unspecified atom stereocenters. The number of nitrogens with one attached hydrogen (secondary N) is 1. The topological polar surface area (TPSA) is 80.7 Å². The van der Waals surface area contributed by atoms with Crippen LogP contribution < -0.4 is 14.8 Å². The van der Waals surface area contributed by atoms with Crippen molar-refractivity contribution < 1.29 is 19.4 Å². The summed E-state index contributed by atoms with van der Waals surface area (Å²) in [5.74, 6) is 0.670. The van der Waals surface area contributed by atoms with Gasteiger partial charge in [-0.3, -0.25) is 10.1 Å². The number of ether oxygens (including phenoxy) is 2. The number of carbonyl (C=O) groups is 1. The number of carbonyl (C=O) groups excluding carboxylic acids is 1. The van der Waals surface area contributed by atoms with Crippen molar-refractivity contribution >= 4 is 22.4 Å². The highest BCUT2D eigenvalue weighted by Crippen LogP contribution is 2.28. The molecule has 25 heavy (non-hydrogen) atoms. The molecule has 0 bridgehead atoms. The molecule has 3 aromatic rings. The molecule has 0 saturated heterocycles. The predicted octanol–water partition coefficient (Wildman–Crippen LogP) is 3.79. The highest BCUT2D eigenvalue weighted by atomic mass is 32.1. The van der Waals surface area contributed by atoms with E-state index in [1.54, 1.807) is 7.11 Å². The van der Waals surface area contributed by atoms with Crippen molar-refractivity contribution in [2.75, 3.05) is 19.5 Å². The first-order chi connectivity index (χ1) is 12.1. The van der Waals surface area contributed by atoms with E-state index in [9.17, 15) is 9.90 Å². The molecule has 1 amide bonds. The number of thiazole rings is 1. The maximum absolute atomic E-state index is 12.3. The van der Waals surface area contributed by atoms with Crippen molar-refractivity contribution in [1.82, 2.24) is 4.98 Å². The van der Waals surface area contributed by atoms with Crippen molar-refractivity contribution in [1.29, 1.82) is 0 Å². The number of aromatic hydroxyl groups is 1. The van der Waals surface area contributed by atoms with E-state index < -0.39 is 0 Å². The second kappa shape index (κ2) is 7.23. The summed E-state index contributed by atoms with van der Waals surface area (Å²) in [6.07, 6.45) is 0. The lowest BCUT2D eigenvalue weighted by Crippen LogP contribution is -2.11. The number of aromatic nitrogens is 1. The summed E-state index contributed by atoms with van der Waals surface area (Å²) in [5, 5.41) is 14.7. The van der Waals surface area contributed by atoms with Crippen molar-refractivity contribution in [3.05, 3.63) is 53.4 Å². The monoisotopic (exact) mass is 356 g/mol. The number of hydrogen-bond donors (Lipinski definition) is 2. The van der Waals surface area contributed by atoms with Gasteiger partial charge in [-0.05, 0) is 42.5 Å². The van der Waals surface area contributed by atoms with E-state index in [1.165, 1.54) is 36.6 Å². The molecule has 0 aliphatic rings. The quantitative estimate of drug-likeness (QED) is 0.727. The van der Waals surface area contributed by atoms with Crippen LogP contribution in [0.4, 0.5) is 5.13 Å². The van der Waals surface area contributed by atoms with E-state index in [2.05, 4.69) is 10.3 Å². The van der Waals surface area contributed by atoms with Crippen LogP contribution in [0.2, 0.25) is 0 Å². The third-order valence-electron chi connectivity index (χ3n) is 3.55. The van der Waals surface area contributed by atoms with Gasteiger partial charge in [-0.2, -0.15) is 0 Å². The van der Waals surface area contributed by atoms with E-state index in [1.807, 2.05) is 29.6 Å². The number of rotatable bonds is 5. The molecule has 0 atom stereocenters. The second-order valence-corrected chi connectivity index (χ2v) is 5.97. The van der Waals surface area contributed by atoms with Gasteiger partial charge in [0.05, 0.1) is 19.9 Å². The Labute approximate surface area is 148 Å². The zero-order chi connectivity index (χ0) is 17.8. The molecular formula is C18H16N2O4S. The van der Waals surface area contributed by atoms with Crippen LogP contribution in [0.15, 0.2) is 47.8 Å². The van der Waals surface area contributed by atoms with Crippen molar-refractivity contribution in [2.24, 2.45) is 0 Å². The smallest absolute Gasteiger partial charge is 0.257 e. The first-order valence-electron chi connectivity index (χ1n) is 7.39. The molecule has 0 saturated carbocycles. The Morgan fingerprint density at radius 3 is 2.56 bits per heavy atom. The standard InChI is InChI=1S/C18H16N2O4S/c1-23-13-6-3-11(4-7-13)14-10-25-18(19-14)20-17(22)12-5-8-15(21)16(9-12)24-2/h3-10,21H,1-2H3,(H,19,20,22). The van der Waals surface area contributed by atoms with Crippen LogP contribution in [0.3, 0.4) is 0 Å². The first-order valence-corrected chi connectivity index (χ1v) is 8.27. The molecular weight excluding hydrogens is 340 g/mol. The zero-order valence-electron chi connectivity index (χ0n) is 13.6. The van der Waals surface area contributed by atoms with Crippen LogP contribution in [0.5, 0.6) is 17.2 Å². The van der Waals surface area contributed by atoms with Gasteiger partial charge in [0.1, 0.15) is 5.75 Å². The molecule has 2 aromatic carbocycles. The molecule has 1 heterocycles. The molecule has 0 radical (unpaired) electrons. The SMILES string of the molecule is COc1ccc(-c2csc(NC(=O)c3ccc(O)c(OC)c3)n2)cc1. The number of benzene rings is 2. The number of nitrogens with zero attached hydrogens (tertiary/aromatic N) is 1. The Morgan fingerprint density at radius 2 is 1.88 bits per heavy atom. The molecule has 0 fully saturated rings. The lowest BCUT2D eigenvalue weighted by molar-refractivity contribution is 0.102. The Kier molecular flexibility index (Phi) is 4.85. The van der Waals surface area contributed by atoms with E-state index >= 15 is 0 Å². The highest BCUT2D eigenvalue weighted by molar-refractivity contribution is 7.14. The average molecular weight is 356 g/mol. The van der Waals surface area contributed by atoms with E-state index in [4.69, 9.17) is 9.47 Å². The molecule has 3 rings (SSSR count). The number of methoxy groups -OCH3 is 2. The lowest BCUT2D eigenvalue weighted by Gasteiger charge is -2.06. The van der Waals surface area contributed by atoms with Gasteiger partial charge >= 0.3 is 0 Å². The second-order valence-electron chi connectivity index (χ2n) is 5.11. The fourth-order valence-corrected chi connectivity index (χ4v) is 2.93. The summed E-state index contributed by atoms with van der Waals surface area (Å²) in [4.78, 5) is 16.8. The minimum Gasteiger partial charge on any atom is -0.504 e. The van der Waals surface area contributed by atoms with Crippen LogP contribution in [-0.2, 0) is 0 Å². The Balaban J connectivity index is 1.75. The highest BCUT2D eigenvalue weighted by Gasteiger charge is 2.12. The zero-order valence-corrected chi connectivity index (χ0v) is 14.5. The summed E-state index contributed by atoms with van der Waals surface area (Å²) in [6, 6.07) is 11.9. The molecule has 2 N–H and O–H groups in total. The van der Waals surface area contributed by atoms with Crippen LogP contribution in [0.1, 0.15) is 10.4 Å². The van der Waals surface area contributed by atoms with Gasteiger partial charge in [0.15, 0.2) is 16.6 Å². The van der Waals surface area contributed by atoms with Gasteiger partial charge in [0, 0.05) is 16.5 Å². The van der Waals surface area contributed by atoms with Crippen LogP contribution in [0, 0.1) is 0 Å². The largest absolute Gasteiger partial charge is 0.504 e. The summed E-state index contributed by atoms with van der Waals surface area (Å²) in [5.41, 5.74) is 2.07. The number of amides is 1. The average Bonchev–Trinajstić information content (AvgIpc) is 3.10. The van der Waals surface area contributed by atoms with E-state index in [0.29, 0.717) is 10.7 Å². The summed E-state index contributed by atoms with van der Waals surface area (Å²) in [6.45, 7) is 0. The molecule has 0 spiro atoms. The van der Waals surface area contributed by atoms with Gasteiger partial charge < -0.3 is 14.6 Å². The molecule has 6 nitrogen and oxygen atoms in total. The van der Waals surface area contributed by atoms with Crippen LogP contribution in [-0.4, -0.2) is 30.2 Å². The fourth-order valence-electron chi connectivity index (χ4n) is 2.21.